The first-order valence-corrected chi connectivity index (χ1v) is 9.29. The van der Waals surface area contributed by atoms with Gasteiger partial charge in [0.05, 0.1) is 19.9 Å². The highest BCUT2D eigenvalue weighted by Gasteiger charge is 2.34. The molecule has 4 aromatic rings. The molecule has 2 aromatic carbocycles. The van der Waals surface area contributed by atoms with E-state index < -0.39 is 11.6 Å². The van der Waals surface area contributed by atoms with Gasteiger partial charge in [-0.15, -0.1) is 0 Å². The summed E-state index contributed by atoms with van der Waals surface area (Å²) < 4.78 is 12.2. The average molecular weight is 419 g/mol. The Balaban J connectivity index is 1.80. The van der Waals surface area contributed by atoms with Crippen molar-refractivity contribution < 1.29 is 14.6 Å². The van der Waals surface area contributed by atoms with Gasteiger partial charge in [0, 0.05) is 11.1 Å². The van der Waals surface area contributed by atoms with E-state index in [4.69, 9.17) is 9.47 Å². The Morgan fingerprint density at radius 1 is 1.13 bits per heavy atom. The summed E-state index contributed by atoms with van der Waals surface area (Å²) in [6.07, 6.45) is 0. The molecule has 0 amide bonds. The Morgan fingerprint density at radius 2 is 2.00 bits per heavy atom. The fourth-order valence-corrected chi connectivity index (χ4v) is 3.70. The maximum Gasteiger partial charge on any atom is 0.288 e. The number of nitrogens with one attached hydrogen (secondary N) is 2. The molecule has 0 spiro atoms. The molecule has 1 aliphatic heterocycles. The van der Waals surface area contributed by atoms with E-state index in [1.54, 1.807) is 23.9 Å². The van der Waals surface area contributed by atoms with Crippen molar-refractivity contribution in [2.24, 2.45) is 0 Å². The zero-order valence-electron chi connectivity index (χ0n) is 16.5. The molecule has 2 aromatic heterocycles. The van der Waals surface area contributed by atoms with Gasteiger partial charge in [0.25, 0.3) is 5.56 Å². The summed E-state index contributed by atoms with van der Waals surface area (Å²) in [7, 11) is 3.04. The molecule has 5 rings (SSSR count). The highest BCUT2D eigenvalue weighted by molar-refractivity contribution is 5.76. The van der Waals surface area contributed by atoms with Gasteiger partial charge in [-0.3, -0.25) is 4.79 Å². The number of H-pyrrole nitrogens is 1. The van der Waals surface area contributed by atoms with Crippen LogP contribution < -0.4 is 20.3 Å². The molecule has 1 atom stereocenters. The lowest BCUT2D eigenvalue weighted by Gasteiger charge is -2.28. The predicted molar refractivity (Wildman–Crippen MR) is 110 cm³/mol. The van der Waals surface area contributed by atoms with E-state index in [9.17, 15) is 9.90 Å². The molecule has 0 saturated heterocycles. The molecule has 0 unspecified atom stereocenters. The topological polar surface area (TPSA) is 140 Å². The minimum absolute atomic E-state index is 0.00519. The molecule has 11 nitrogen and oxygen atoms in total. The lowest BCUT2D eigenvalue weighted by atomic mass is 9.92. The van der Waals surface area contributed by atoms with E-state index in [-0.39, 0.29) is 17.2 Å². The van der Waals surface area contributed by atoms with Crippen LogP contribution in [-0.4, -0.2) is 49.7 Å². The minimum atomic E-state index is -0.605. The Hall–Kier alpha value is -4.41. The van der Waals surface area contributed by atoms with Crippen LogP contribution in [0.2, 0.25) is 0 Å². The monoisotopic (exact) mass is 419 g/mol. The molecular weight excluding hydrogens is 402 g/mol. The number of aromatic nitrogens is 6. The quantitative estimate of drug-likeness (QED) is 0.398. The van der Waals surface area contributed by atoms with Crippen LogP contribution in [0.25, 0.3) is 11.3 Å². The van der Waals surface area contributed by atoms with Crippen molar-refractivity contribution in [1.29, 1.82) is 0 Å². The van der Waals surface area contributed by atoms with Crippen LogP contribution >= 0.6 is 0 Å². The lowest BCUT2D eigenvalue weighted by molar-refractivity contribution is 0.372. The van der Waals surface area contributed by atoms with Crippen molar-refractivity contribution in [2.75, 3.05) is 19.5 Å². The van der Waals surface area contributed by atoms with Gasteiger partial charge >= 0.3 is 0 Å². The zero-order chi connectivity index (χ0) is 21.5. The van der Waals surface area contributed by atoms with Gasteiger partial charge in [0.15, 0.2) is 11.5 Å². The summed E-state index contributed by atoms with van der Waals surface area (Å²) in [5.74, 6) is 1.23. The van der Waals surface area contributed by atoms with Crippen LogP contribution in [0.5, 0.6) is 17.2 Å². The Kier molecular flexibility index (Phi) is 4.28. The SMILES string of the molecule is COc1cccc(-c2n[nH]c(=O)c3c2[C@H](c2ccc(O)c(OC)c2)n2nnnc2N3)c1. The minimum Gasteiger partial charge on any atom is -0.504 e. The van der Waals surface area contributed by atoms with Crippen molar-refractivity contribution in [3.05, 3.63) is 63.9 Å². The van der Waals surface area contributed by atoms with Gasteiger partial charge in [0.1, 0.15) is 17.5 Å². The second-order valence-electron chi connectivity index (χ2n) is 6.83. The van der Waals surface area contributed by atoms with Crippen LogP contribution in [-0.2, 0) is 0 Å². The van der Waals surface area contributed by atoms with Gasteiger partial charge in [-0.2, -0.15) is 9.78 Å². The third-order valence-corrected chi connectivity index (χ3v) is 5.13. The molecule has 0 saturated carbocycles. The van der Waals surface area contributed by atoms with Gasteiger partial charge in [-0.25, -0.2) is 5.10 Å². The number of anilines is 2. The molecule has 3 N–H and O–H groups in total. The number of rotatable bonds is 4. The van der Waals surface area contributed by atoms with Gasteiger partial charge < -0.3 is 19.9 Å². The smallest absolute Gasteiger partial charge is 0.288 e. The molecule has 156 valence electrons. The van der Waals surface area contributed by atoms with Crippen molar-refractivity contribution in [1.82, 2.24) is 30.4 Å². The maximum atomic E-state index is 12.7. The number of fused-ring (bicyclic) bond motifs is 2. The molecule has 0 aliphatic carbocycles. The normalized spacial score (nSPS) is 14.3. The predicted octanol–water partition coefficient (Wildman–Crippen LogP) is 1.84. The van der Waals surface area contributed by atoms with E-state index in [0.29, 0.717) is 28.5 Å². The van der Waals surface area contributed by atoms with Gasteiger partial charge in [-0.05, 0) is 40.3 Å². The van der Waals surface area contributed by atoms with Crippen molar-refractivity contribution in [3.63, 3.8) is 0 Å². The highest BCUT2D eigenvalue weighted by Crippen LogP contribution is 2.43. The number of phenolic OH excluding ortho intramolecular Hbond substituents is 1. The van der Waals surface area contributed by atoms with E-state index in [2.05, 4.69) is 31.0 Å². The highest BCUT2D eigenvalue weighted by atomic mass is 16.5. The summed E-state index contributed by atoms with van der Waals surface area (Å²) in [6, 6.07) is 11.7. The van der Waals surface area contributed by atoms with Gasteiger partial charge in [0.2, 0.25) is 5.95 Å². The summed E-state index contributed by atoms with van der Waals surface area (Å²) in [6.45, 7) is 0. The Bertz CT molecular complexity index is 1350. The summed E-state index contributed by atoms with van der Waals surface area (Å²) >= 11 is 0. The van der Waals surface area contributed by atoms with E-state index in [1.807, 2.05) is 24.3 Å². The number of aromatic amines is 1. The maximum absolute atomic E-state index is 12.7. The number of hydrogen-bond donors (Lipinski definition) is 3. The van der Waals surface area contributed by atoms with Crippen LogP contribution in [0, 0.1) is 0 Å². The first-order valence-electron chi connectivity index (χ1n) is 9.29. The number of tetrazole rings is 1. The lowest BCUT2D eigenvalue weighted by Crippen LogP contribution is -2.29. The molecule has 31 heavy (non-hydrogen) atoms. The first kappa shape index (κ1) is 18.6. The fraction of sp³-hybridized carbons (Fsp3) is 0.150. The van der Waals surface area contributed by atoms with Crippen molar-refractivity contribution in [3.8, 4) is 28.5 Å². The third-order valence-electron chi connectivity index (χ3n) is 5.13. The third kappa shape index (κ3) is 2.94. The van der Waals surface area contributed by atoms with E-state index in [0.717, 1.165) is 5.56 Å². The molecular formula is C20H17N7O4. The fourth-order valence-electron chi connectivity index (χ4n) is 3.70. The van der Waals surface area contributed by atoms with Crippen molar-refractivity contribution in [2.45, 2.75) is 6.04 Å². The standard InChI is InChI=1S/C20H17N7O4/c1-30-12-5-3-4-10(8-12)16-15-17(19(29)23-22-16)21-20-24-25-26-27(20)18(15)11-6-7-13(28)14(9-11)31-2/h3-9,18,28H,1-2H3,(H,23,29)(H,21,24,26)/t18-/m0/s1. The molecule has 0 fully saturated rings. The Morgan fingerprint density at radius 3 is 2.81 bits per heavy atom. The summed E-state index contributed by atoms with van der Waals surface area (Å²) in [5, 5.41) is 31.8. The largest absolute Gasteiger partial charge is 0.504 e. The summed E-state index contributed by atoms with van der Waals surface area (Å²) in [5.41, 5.74) is 2.41. The van der Waals surface area contributed by atoms with Gasteiger partial charge in [-0.1, -0.05) is 23.3 Å². The number of hydrogen-bond acceptors (Lipinski definition) is 9. The number of aromatic hydroxyl groups is 1. The van der Waals surface area contributed by atoms with Crippen LogP contribution in [0.15, 0.2) is 47.3 Å². The van der Waals surface area contributed by atoms with Crippen LogP contribution in [0.4, 0.5) is 11.6 Å². The molecule has 0 bridgehead atoms. The second-order valence-corrected chi connectivity index (χ2v) is 6.83. The number of phenols is 1. The zero-order valence-corrected chi connectivity index (χ0v) is 16.5. The number of ether oxygens (including phenoxy) is 2. The van der Waals surface area contributed by atoms with Crippen LogP contribution in [0.3, 0.4) is 0 Å². The van der Waals surface area contributed by atoms with Crippen molar-refractivity contribution >= 4 is 11.6 Å². The number of benzene rings is 2. The molecule has 0 radical (unpaired) electrons. The molecule has 3 heterocycles. The van der Waals surface area contributed by atoms with Crippen LogP contribution in [0.1, 0.15) is 17.2 Å². The van der Waals surface area contributed by atoms with E-state index in [1.165, 1.54) is 13.2 Å². The first-order chi connectivity index (χ1) is 15.1. The number of nitrogens with zero attached hydrogens (tertiary/aromatic N) is 5. The number of methoxy groups -OCH3 is 2. The molecule has 11 heteroatoms. The van der Waals surface area contributed by atoms with E-state index >= 15 is 0 Å². The second kappa shape index (κ2) is 7.13. The Labute approximate surface area is 175 Å². The molecule has 1 aliphatic rings. The summed E-state index contributed by atoms with van der Waals surface area (Å²) in [4.78, 5) is 12.7. The average Bonchev–Trinajstić information content (AvgIpc) is 3.27.